The fraction of sp³-hybridized carbons (Fsp3) is 0.467. The van der Waals surface area contributed by atoms with E-state index in [0.29, 0.717) is 18.7 Å². The van der Waals surface area contributed by atoms with E-state index in [0.717, 1.165) is 10.7 Å². The van der Waals surface area contributed by atoms with Crippen LogP contribution in [0.5, 0.6) is 0 Å². The molecular formula is C15H22ClN3O5S. The van der Waals surface area contributed by atoms with Crippen LogP contribution in [0, 0.1) is 0 Å². The van der Waals surface area contributed by atoms with Gasteiger partial charge in [-0.05, 0) is 37.6 Å². The summed E-state index contributed by atoms with van der Waals surface area (Å²) >= 11 is 0. The molecule has 1 aromatic carbocycles. The van der Waals surface area contributed by atoms with Gasteiger partial charge in [-0.1, -0.05) is 6.07 Å². The SMILES string of the molecule is CN(C)S(=O)(=O)c1cccc(NC(=O)CN2CCCC2C(=O)O)c1.Cl. The molecule has 0 aliphatic carbocycles. The molecule has 1 saturated heterocycles. The number of hydrogen-bond acceptors (Lipinski definition) is 5. The summed E-state index contributed by atoms with van der Waals surface area (Å²) < 4.78 is 25.3. The van der Waals surface area contributed by atoms with Crippen molar-refractivity contribution in [3.8, 4) is 0 Å². The van der Waals surface area contributed by atoms with Gasteiger partial charge in [0.25, 0.3) is 0 Å². The van der Waals surface area contributed by atoms with E-state index in [9.17, 15) is 18.0 Å². The lowest BCUT2D eigenvalue weighted by molar-refractivity contribution is -0.142. The van der Waals surface area contributed by atoms with E-state index in [1.54, 1.807) is 17.0 Å². The Morgan fingerprint density at radius 1 is 1.36 bits per heavy atom. The minimum Gasteiger partial charge on any atom is -0.480 e. The summed E-state index contributed by atoms with van der Waals surface area (Å²) in [5.41, 5.74) is 0.356. The number of carbonyl (C=O) groups is 2. The van der Waals surface area contributed by atoms with Crippen LogP contribution in [0.2, 0.25) is 0 Å². The zero-order chi connectivity index (χ0) is 17.9. The van der Waals surface area contributed by atoms with Gasteiger partial charge in [0.15, 0.2) is 0 Å². The van der Waals surface area contributed by atoms with Crippen molar-refractivity contribution >= 4 is 40.0 Å². The third kappa shape index (κ3) is 5.15. The molecule has 0 spiro atoms. The van der Waals surface area contributed by atoms with Crippen LogP contribution in [-0.2, 0) is 19.6 Å². The van der Waals surface area contributed by atoms with Gasteiger partial charge in [-0.25, -0.2) is 12.7 Å². The van der Waals surface area contributed by atoms with Crippen LogP contribution in [0.1, 0.15) is 12.8 Å². The van der Waals surface area contributed by atoms with E-state index < -0.39 is 22.0 Å². The molecule has 0 bridgehead atoms. The van der Waals surface area contributed by atoms with Crippen molar-refractivity contribution in [3.05, 3.63) is 24.3 Å². The normalized spacial score (nSPS) is 18.0. The van der Waals surface area contributed by atoms with Gasteiger partial charge in [-0.15, -0.1) is 12.4 Å². The van der Waals surface area contributed by atoms with Gasteiger partial charge in [0.05, 0.1) is 11.4 Å². The van der Waals surface area contributed by atoms with Crippen LogP contribution in [0.25, 0.3) is 0 Å². The number of nitrogens with one attached hydrogen (secondary N) is 1. The van der Waals surface area contributed by atoms with Crippen molar-refractivity contribution in [2.75, 3.05) is 32.5 Å². The van der Waals surface area contributed by atoms with Gasteiger partial charge in [-0.2, -0.15) is 0 Å². The lowest BCUT2D eigenvalue weighted by Crippen LogP contribution is -2.40. The van der Waals surface area contributed by atoms with Crippen molar-refractivity contribution in [3.63, 3.8) is 0 Å². The van der Waals surface area contributed by atoms with Gasteiger partial charge in [0, 0.05) is 19.8 Å². The molecule has 1 atom stereocenters. The quantitative estimate of drug-likeness (QED) is 0.744. The molecule has 0 aromatic heterocycles. The predicted molar refractivity (Wildman–Crippen MR) is 95.4 cm³/mol. The zero-order valence-electron chi connectivity index (χ0n) is 14.0. The molecule has 25 heavy (non-hydrogen) atoms. The molecule has 1 heterocycles. The molecule has 1 aromatic rings. The number of halogens is 1. The summed E-state index contributed by atoms with van der Waals surface area (Å²) in [5, 5.41) is 11.7. The number of amides is 1. The van der Waals surface area contributed by atoms with Crippen molar-refractivity contribution in [2.45, 2.75) is 23.8 Å². The Kier molecular flexibility index (Phi) is 7.36. The first-order valence-electron chi connectivity index (χ1n) is 7.51. The molecule has 1 amide bonds. The Morgan fingerprint density at radius 2 is 2.04 bits per heavy atom. The molecule has 140 valence electrons. The molecule has 2 rings (SSSR count). The van der Waals surface area contributed by atoms with E-state index in [1.807, 2.05) is 0 Å². The third-order valence-corrected chi connectivity index (χ3v) is 5.70. The lowest BCUT2D eigenvalue weighted by Gasteiger charge is -2.20. The first-order valence-corrected chi connectivity index (χ1v) is 8.95. The standard InChI is InChI=1S/C15H21N3O5S.ClH/c1-17(2)24(22,23)12-6-3-5-11(9-12)16-14(19)10-18-8-4-7-13(18)15(20)21;/h3,5-6,9,13H,4,7-8,10H2,1-2H3,(H,16,19)(H,20,21);1H. The fourth-order valence-electron chi connectivity index (χ4n) is 2.63. The highest BCUT2D eigenvalue weighted by molar-refractivity contribution is 7.89. The van der Waals surface area contributed by atoms with Gasteiger partial charge < -0.3 is 10.4 Å². The Bertz CT molecular complexity index is 738. The zero-order valence-corrected chi connectivity index (χ0v) is 15.6. The Morgan fingerprint density at radius 3 is 2.64 bits per heavy atom. The number of rotatable bonds is 6. The average Bonchev–Trinajstić information content (AvgIpc) is 2.95. The summed E-state index contributed by atoms with van der Waals surface area (Å²) in [6.07, 6.45) is 1.26. The van der Waals surface area contributed by atoms with E-state index in [4.69, 9.17) is 5.11 Å². The van der Waals surface area contributed by atoms with Crippen molar-refractivity contribution in [1.29, 1.82) is 0 Å². The molecule has 0 radical (unpaired) electrons. The minimum absolute atomic E-state index is 0. The predicted octanol–water partition coefficient (Wildman–Crippen LogP) is 0.846. The summed E-state index contributed by atoms with van der Waals surface area (Å²) in [6, 6.07) is 5.32. The van der Waals surface area contributed by atoms with E-state index in [1.165, 1.54) is 26.2 Å². The van der Waals surface area contributed by atoms with Gasteiger partial charge in [0.2, 0.25) is 15.9 Å². The number of aliphatic carboxylic acids is 1. The first-order chi connectivity index (χ1) is 11.2. The molecular weight excluding hydrogens is 370 g/mol. The van der Waals surface area contributed by atoms with Gasteiger partial charge in [0.1, 0.15) is 6.04 Å². The molecule has 10 heteroatoms. The molecule has 2 N–H and O–H groups in total. The maximum Gasteiger partial charge on any atom is 0.320 e. The Labute approximate surface area is 153 Å². The van der Waals surface area contributed by atoms with E-state index in [2.05, 4.69) is 5.32 Å². The largest absolute Gasteiger partial charge is 0.480 e. The number of anilines is 1. The highest BCUT2D eigenvalue weighted by atomic mass is 35.5. The van der Waals surface area contributed by atoms with E-state index >= 15 is 0 Å². The number of carbonyl (C=O) groups excluding carboxylic acids is 1. The Balaban J connectivity index is 0.00000312. The number of benzene rings is 1. The summed E-state index contributed by atoms with van der Waals surface area (Å²) in [5.74, 6) is -1.30. The van der Waals surface area contributed by atoms with Crippen LogP contribution in [0.15, 0.2) is 29.2 Å². The number of carboxylic acid groups (broad SMARTS) is 1. The maximum absolute atomic E-state index is 12.1. The van der Waals surface area contributed by atoms with Crippen LogP contribution in [-0.4, -0.2) is 67.8 Å². The summed E-state index contributed by atoms with van der Waals surface area (Å²) in [4.78, 5) is 24.9. The third-order valence-electron chi connectivity index (χ3n) is 3.89. The monoisotopic (exact) mass is 391 g/mol. The topological polar surface area (TPSA) is 107 Å². The molecule has 0 saturated carbocycles. The highest BCUT2D eigenvalue weighted by Gasteiger charge is 2.31. The average molecular weight is 392 g/mol. The summed E-state index contributed by atoms with van der Waals surface area (Å²) in [6.45, 7) is 0.515. The van der Waals surface area contributed by atoms with Crippen LogP contribution >= 0.6 is 12.4 Å². The van der Waals surface area contributed by atoms with Crippen LogP contribution < -0.4 is 5.32 Å². The number of sulfonamides is 1. The van der Waals surface area contributed by atoms with Crippen LogP contribution in [0.3, 0.4) is 0 Å². The second-order valence-corrected chi connectivity index (χ2v) is 7.98. The lowest BCUT2D eigenvalue weighted by atomic mass is 10.2. The fourth-order valence-corrected chi connectivity index (χ4v) is 3.57. The smallest absolute Gasteiger partial charge is 0.320 e. The summed E-state index contributed by atoms with van der Waals surface area (Å²) in [7, 11) is -0.723. The highest BCUT2D eigenvalue weighted by Crippen LogP contribution is 2.19. The minimum atomic E-state index is -3.58. The number of carboxylic acids is 1. The van der Waals surface area contributed by atoms with Crippen molar-refractivity contribution < 1.29 is 23.1 Å². The van der Waals surface area contributed by atoms with Gasteiger partial charge in [-0.3, -0.25) is 14.5 Å². The second-order valence-electron chi connectivity index (χ2n) is 5.83. The van der Waals surface area contributed by atoms with Gasteiger partial charge >= 0.3 is 5.97 Å². The molecule has 1 aliphatic heterocycles. The number of nitrogens with zero attached hydrogens (tertiary/aromatic N) is 2. The van der Waals surface area contributed by atoms with Crippen LogP contribution in [0.4, 0.5) is 5.69 Å². The second kappa shape index (κ2) is 8.61. The number of hydrogen-bond donors (Lipinski definition) is 2. The molecule has 1 aliphatic rings. The molecule has 1 unspecified atom stereocenters. The number of likely N-dealkylation sites (tertiary alicyclic amines) is 1. The van der Waals surface area contributed by atoms with Crippen molar-refractivity contribution in [2.24, 2.45) is 0 Å². The van der Waals surface area contributed by atoms with E-state index in [-0.39, 0.29) is 29.8 Å². The molecule has 1 fully saturated rings. The first kappa shape index (κ1) is 21.4. The molecule has 8 nitrogen and oxygen atoms in total. The van der Waals surface area contributed by atoms with Crippen molar-refractivity contribution in [1.82, 2.24) is 9.21 Å². The Hall–Kier alpha value is -1.68. The maximum atomic E-state index is 12.1.